The number of nitro benzene ring substituents is 1. The average molecular weight is 342 g/mol. The third-order valence-electron chi connectivity index (χ3n) is 3.69. The average Bonchev–Trinajstić information content (AvgIpc) is 2.60. The second kappa shape index (κ2) is 7.57. The van der Waals surface area contributed by atoms with Crippen LogP contribution >= 0.6 is 0 Å². The maximum atomic E-state index is 12.3. The molecule has 7 nitrogen and oxygen atoms in total. The Hall–Kier alpha value is -3.22. The summed E-state index contributed by atoms with van der Waals surface area (Å²) in [6.07, 6.45) is -1.00. The molecule has 7 heteroatoms. The number of ether oxygens (including phenoxy) is 1. The van der Waals surface area contributed by atoms with Gasteiger partial charge in [-0.15, -0.1) is 0 Å². The van der Waals surface area contributed by atoms with E-state index in [0.29, 0.717) is 5.56 Å². The number of esters is 1. The highest BCUT2D eigenvalue weighted by molar-refractivity contribution is 6.01. The van der Waals surface area contributed by atoms with E-state index in [9.17, 15) is 19.7 Å². The molecule has 2 aromatic carbocycles. The molecule has 2 aromatic rings. The zero-order valence-electron chi connectivity index (χ0n) is 14.1. The lowest BCUT2D eigenvalue weighted by atomic mass is 10.1. The molecule has 0 amide bonds. The maximum absolute atomic E-state index is 12.3. The van der Waals surface area contributed by atoms with Crippen LogP contribution < -0.4 is 5.32 Å². The topological polar surface area (TPSA) is 98.5 Å². The van der Waals surface area contributed by atoms with Crippen LogP contribution in [0.1, 0.15) is 33.2 Å². The molecule has 0 aliphatic rings. The minimum atomic E-state index is -1.00. The molecule has 0 saturated carbocycles. The second-order valence-electron chi connectivity index (χ2n) is 5.52. The Morgan fingerprint density at radius 2 is 1.72 bits per heavy atom. The summed E-state index contributed by atoms with van der Waals surface area (Å²) in [6, 6.07) is 10.9. The number of benzene rings is 2. The molecule has 0 fully saturated rings. The Balaban J connectivity index is 2.15. The number of nitrogens with zero attached hydrogens (tertiary/aromatic N) is 1. The van der Waals surface area contributed by atoms with Crippen molar-refractivity contribution >= 4 is 23.1 Å². The highest BCUT2D eigenvalue weighted by Crippen LogP contribution is 2.25. The summed E-state index contributed by atoms with van der Waals surface area (Å²) in [7, 11) is 1.54. The molecule has 25 heavy (non-hydrogen) atoms. The van der Waals surface area contributed by atoms with Crippen LogP contribution in [0.2, 0.25) is 0 Å². The van der Waals surface area contributed by atoms with Crippen LogP contribution in [0.4, 0.5) is 11.4 Å². The first-order valence-corrected chi connectivity index (χ1v) is 7.61. The molecule has 0 saturated heterocycles. The lowest BCUT2D eigenvalue weighted by molar-refractivity contribution is -0.384. The van der Waals surface area contributed by atoms with Crippen molar-refractivity contribution in [2.24, 2.45) is 0 Å². The number of anilines is 1. The first-order valence-electron chi connectivity index (χ1n) is 7.61. The number of carbonyl (C=O) groups excluding carboxylic acids is 2. The summed E-state index contributed by atoms with van der Waals surface area (Å²) >= 11 is 0. The number of nitro groups is 1. The van der Waals surface area contributed by atoms with E-state index in [-0.39, 0.29) is 22.7 Å². The summed E-state index contributed by atoms with van der Waals surface area (Å²) < 4.78 is 5.16. The normalized spacial score (nSPS) is 11.5. The molecule has 0 unspecified atom stereocenters. The van der Waals surface area contributed by atoms with Crippen LogP contribution in [0.25, 0.3) is 0 Å². The fourth-order valence-corrected chi connectivity index (χ4v) is 2.26. The minimum absolute atomic E-state index is 0.00857. The predicted molar refractivity (Wildman–Crippen MR) is 93.0 cm³/mol. The van der Waals surface area contributed by atoms with Crippen molar-refractivity contribution in [3.8, 4) is 0 Å². The smallest absolute Gasteiger partial charge is 0.339 e. The molecule has 1 N–H and O–H groups in total. The van der Waals surface area contributed by atoms with Crippen LogP contribution in [0.3, 0.4) is 0 Å². The molecule has 0 aliphatic carbocycles. The Morgan fingerprint density at radius 3 is 2.28 bits per heavy atom. The molecule has 0 aliphatic heterocycles. The number of carbonyl (C=O) groups is 2. The number of hydrogen-bond acceptors (Lipinski definition) is 6. The number of ketones is 1. The van der Waals surface area contributed by atoms with Gasteiger partial charge in [-0.1, -0.05) is 29.8 Å². The van der Waals surface area contributed by atoms with E-state index in [2.05, 4.69) is 5.32 Å². The van der Waals surface area contributed by atoms with Crippen LogP contribution in [-0.4, -0.2) is 29.8 Å². The van der Waals surface area contributed by atoms with Crippen LogP contribution in [0.5, 0.6) is 0 Å². The van der Waals surface area contributed by atoms with Crippen molar-refractivity contribution < 1.29 is 19.2 Å². The molecule has 0 heterocycles. The first-order chi connectivity index (χ1) is 11.8. The van der Waals surface area contributed by atoms with Gasteiger partial charge < -0.3 is 10.1 Å². The van der Waals surface area contributed by atoms with Crippen LogP contribution in [0, 0.1) is 17.0 Å². The molecule has 130 valence electrons. The standard InChI is InChI=1S/C18H18N2O5/c1-11-4-6-13(7-5-11)17(21)12(2)25-18(22)14-8-9-15(19-3)16(10-14)20(23)24/h4-10,12,19H,1-3H3/t12-/m1/s1. The highest BCUT2D eigenvalue weighted by Gasteiger charge is 2.22. The summed E-state index contributed by atoms with van der Waals surface area (Å²) in [5.74, 6) is -1.13. The SMILES string of the molecule is CNc1ccc(C(=O)O[C@H](C)C(=O)c2ccc(C)cc2)cc1[N+](=O)[O-]. The van der Waals surface area contributed by atoms with E-state index in [4.69, 9.17) is 4.74 Å². The van der Waals surface area contributed by atoms with Crippen molar-refractivity contribution in [1.82, 2.24) is 0 Å². The predicted octanol–water partition coefficient (Wildman–Crippen LogP) is 3.37. The summed E-state index contributed by atoms with van der Waals surface area (Å²) in [5, 5.41) is 13.7. The van der Waals surface area contributed by atoms with Gasteiger partial charge >= 0.3 is 5.97 Å². The Morgan fingerprint density at radius 1 is 1.12 bits per heavy atom. The van der Waals surface area contributed by atoms with Gasteiger partial charge in [0.25, 0.3) is 5.69 Å². The molecular weight excluding hydrogens is 324 g/mol. The molecule has 0 spiro atoms. The monoisotopic (exact) mass is 342 g/mol. The van der Waals surface area contributed by atoms with E-state index in [0.717, 1.165) is 11.6 Å². The minimum Gasteiger partial charge on any atom is -0.451 e. The maximum Gasteiger partial charge on any atom is 0.339 e. The fourth-order valence-electron chi connectivity index (χ4n) is 2.26. The number of Topliss-reactive ketones (excluding diaryl/α,β-unsaturated/α-hetero) is 1. The van der Waals surface area contributed by atoms with Crippen molar-refractivity contribution in [3.63, 3.8) is 0 Å². The summed E-state index contributed by atoms with van der Waals surface area (Å²) in [6.45, 7) is 3.37. The first kappa shape index (κ1) is 18.1. The Labute approximate surface area is 144 Å². The third kappa shape index (κ3) is 4.20. The molecule has 0 bridgehead atoms. The molecule has 0 aromatic heterocycles. The van der Waals surface area contributed by atoms with Gasteiger partial charge in [0.15, 0.2) is 6.10 Å². The quantitative estimate of drug-likeness (QED) is 0.374. The van der Waals surface area contributed by atoms with Crippen molar-refractivity contribution in [1.29, 1.82) is 0 Å². The zero-order valence-corrected chi connectivity index (χ0v) is 14.1. The number of hydrogen-bond donors (Lipinski definition) is 1. The van der Waals surface area contributed by atoms with Gasteiger partial charge in [-0.05, 0) is 26.0 Å². The Bertz CT molecular complexity index is 815. The van der Waals surface area contributed by atoms with Gasteiger partial charge in [0.1, 0.15) is 5.69 Å². The van der Waals surface area contributed by atoms with Gasteiger partial charge in [0.2, 0.25) is 5.78 Å². The Kier molecular flexibility index (Phi) is 5.49. The second-order valence-corrected chi connectivity index (χ2v) is 5.52. The van der Waals surface area contributed by atoms with Gasteiger partial charge in [0.05, 0.1) is 10.5 Å². The lowest BCUT2D eigenvalue weighted by Gasteiger charge is -2.13. The molecule has 0 radical (unpaired) electrons. The van der Waals surface area contributed by atoms with Crippen molar-refractivity contribution in [2.45, 2.75) is 20.0 Å². The summed E-state index contributed by atoms with van der Waals surface area (Å²) in [5.41, 5.74) is 1.49. The largest absolute Gasteiger partial charge is 0.451 e. The van der Waals surface area contributed by atoms with Crippen molar-refractivity contribution in [2.75, 3.05) is 12.4 Å². The summed E-state index contributed by atoms with van der Waals surface area (Å²) in [4.78, 5) is 35.0. The van der Waals surface area contributed by atoms with Gasteiger partial charge in [-0.3, -0.25) is 14.9 Å². The molecule has 1 atom stereocenters. The van der Waals surface area contributed by atoms with E-state index in [1.807, 2.05) is 6.92 Å². The van der Waals surface area contributed by atoms with Gasteiger partial charge in [-0.2, -0.15) is 0 Å². The van der Waals surface area contributed by atoms with Crippen LogP contribution in [-0.2, 0) is 4.74 Å². The third-order valence-corrected chi connectivity index (χ3v) is 3.69. The van der Waals surface area contributed by atoms with Gasteiger partial charge in [0, 0.05) is 18.7 Å². The number of rotatable bonds is 6. The fraction of sp³-hybridized carbons (Fsp3) is 0.222. The van der Waals surface area contributed by atoms with E-state index >= 15 is 0 Å². The van der Waals surface area contributed by atoms with E-state index in [1.165, 1.54) is 19.1 Å². The highest BCUT2D eigenvalue weighted by atomic mass is 16.6. The molecule has 2 rings (SSSR count). The number of nitrogens with one attached hydrogen (secondary N) is 1. The van der Waals surface area contributed by atoms with Crippen LogP contribution in [0.15, 0.2) is 42.5 Å². The van der Waals surface area contributed by atoms with Crippen molar-refractivity contribution in [3.05, 3.63) is 69.3 Å². The lowest BCUT2D eigenvalue weighted by Crippen LogP contribution is -2.24. The zero-order chi connectivity index (χ0) is 18.6. The number of aryl methyl sites for hydroxylation is 1. The van der Waals surface area contributed by atoms with E-state index in [1.54, 1.807) is 31.3 Å². The van der Waals surface area contributed by atoms with Gasteiger partial charge in [-0.25, -0.2) is 4.79 Å². The molecular formula is C18H18N2O5. The van der Waals surface area contributed by atoms with E-state index < -0.39 is 17.0 Å².